The fourth-order valence-corrected chi connectivity index (χ4v) is 7.45. The van der Waals surface area contributed by atoms with Gasteiger partial charge >= 0.3 is 5.97 Å². The van der Waals surface area contributed by atoms with Crippen LogP contribution in [-0.4, -0.2) is 89.2 Å². The van der Waals surface area contributed by atoms with E-state index in [0.29, 0.717) is 21.4 Å². The zero-order valence-corrected chi connectivity index (χ0v) is 21.7. The molecule has 1 unspecified atom stereocenters. The Morgan fingerprint density at radius 2 is 2.20 bits per heavy atom. The van der Waals surface area contributed by atoms with Gasteiger partial charge in [-0.25, -0.2) is 9.78 Å². The number of nitrogen functional groups attached to an aromatic ring is 1. The molecule has 5 heterocycles. The first-order chi connectivity index (χ1) is 16.9. The van der Waals surface area contributed by atoms with Crippen LogP contribution < -0.4 is 11.1 Å². The van der Waals surface area contributed by atoms with E-state index in [1.165, 1.54) is 39.8 Å². The third-order valence-corrected chi connectivity index (χ3v) is 10.3. The summed E-state index contributed by atoms with van der Waals surface area (Å²) < 4.78 is 0.714. The minimum absolute atomic E-state index is 0.0479. The first kappa shape index (κ1) is 24.4. The van der Waals surface area contributed by atoms with Gasteiger partial charge in [0.2, 0.25) is 0 Å². The monoisotopic (exact) mass is 571 g/mol. The van der Waals surface area contributed by atoms with Crippen molar-refractivity contribution in [3.05, 3.63) is 27.9 Å². The van der Waals surface area contributed by atoms with Crippen molar-refractivity contribution >= 4 is 86.6 Å². The summed E-state index contributed by atoms with van der Waals surface area (Å²) >= 11 is 6.98. The van der Waals surface area contributed by atoms with Crippen molar-refractivity contribution in [1.82, 2.24) is 25.4 Å². The number of hydrogen-bond donors (Lipinski definition) is 3. The van der Waals surface area contributed by atoms with Gasteiger partial charge < -0.3 is 21.0 Å². The number of nitrogens with one attached hydrogen (secondary N) is 1. The van der Waals surface area contributed by atoms with Crippen LogP contribution in [0.25, 0.3) is 0 Å². The van der Waals surface area contributed by atoms with Gasteiger partial charge in [0.15, 0.2) is 15.2 Å². The molecule has 2 saturated heterocycles. The normalized spacial score (nSPS) is 22.3. The largest absolute Gasteiger partial charge is 0.477 e. The number of rotatable bonds is 9. The Labute approximate surface area is 219 Å². The molecule has 0 radical (unpaired) electrons. The average Bonchev–Trinajstić information content (AvgIpc) is 3.48. The number of thioether (sulfide) groups is 3. The molecule has 5 rings (SSSR count). The van der Waals surface area contributed by atoms with Gasteiger partial charge in [0, 0.05) is 28.4 Å². The number of nitrogens with zero attached hydrogens (tertiary/aromatic N) is 5. The average molecular weight is 572 g/mol. The molecule has 0 bridgehead atoms. The number of carbonyl (C=O) groups excluding carboxylic acids is 2. The smallest absolute Gasteiger partial charge is 0.352 e. The van der Waals surface area contributed by atoms with E-state index in [2.05, 4.69) is 25.7 Å². The van der Waals surface area contributed by atoms with E-state index in [1.54, 1.807) is 22.7 Å². The molecule has 3 aliphatic rings. The quantitative estimate of drug-likeness (QED) is 0.169. The lowest BCUT2D eigenvalue weighted by Gasteiger charge is -2.49. The van der Waals surface area contributed by atoms with Crippen LogP contribution in [0.3, 0.4) is 0 Å². The van der Waals surface area contributed by atoms with Crippen LogP contribution in [-0.2, 0) is 19.2 Å². The number of anilines is 1. The molecule has 2 atom stereocenters. The van der Waals surface area contributed by atoms with Gasteiger partial charge in [0.05, 0.1) is 0 Å². The van der Waals surface area contributed by atoms with Crippen LogP contribution in [0.4, 0.5) is 5.13 Å². The van der Waals surface area contributed by atoms with Gasteiger partial charge in [0.1, 0.15) is 34.4 Å². The summed E-state index contributed by atoms with van der Waals surface area (Å²) in [6.07, 6.45) is -0.0896. The third kappa shape index (κ3) is 5.00. The molecule has 35 heavy (non-hydrogen) atoms. The van der Waals surface area contributed by atoms with Gasteiger partial charge in [-0.05, 0) is 5.57 Å². The lowest BCUT2D eigenvalue weighted by molar-refractivity contribution is -0.150. The maximum absolute atomic E-state index is 13.1. The van der Waals surface area contributed by atoms with Gasteiger partial charge in [-0.15, -0.1) is 33.3 Å². The fourth-order valence-electron chi connectivity index (χ4n) is 3.38. The lowest BCUT2D eigenvalue weighted by atomic mass is 10.0. The Morgan fingerprint density at radius 3 is 2.83 bits per heavy atom. The molecule has 4 N–H and O–H groups in total. The number of amides is 2. The molecule has 0 saturated carbocycles. The zero-order chi connectivity index (χ0) is 24.5. The number of thiazole rings is 1. The van der Waals surface area contributed by atoms with Crippen molar-refractivity contribution in [2.24, 2.45) is 5.16 Å². The predicted molar refractivity (Wildman–Crippen MR) is 136 cm³/mol. The van der Waals surface area contributed by atoms with Crippen molar-refractivity contribution in [3.63, 3.8) is 0 Å². The molecule has 2 amide bonds. The topological polar surface area (TPSA) is 173 Å². The number of aromatic nitrogens is 3. The first-order valence-electron chi connectivity index (χ1n) is 10.0. The standard InChI is InChI=1S/C18H17N7O5S5/c19-17-21-9(5-33-17)10(24-30-8-3-31-4-8)13(26)22-11-14(27)25-12(16(28)29)7(1-32-15(11)25)2-34-18-23-20-6-35-18/h5-6,8,11,15H,1-4H2,(H2,19,21)(H,22,26)(H,28,29)/b24-10+/t11?,15-/m1/s1. The molecule has 3 aliphatic heterocycles. The minimum Gasteiger partial charge on any atom is -0.477 e. The molecule has 2 aromatic heterocycles. The van der Waals surface area contributed by atoms with Crippen LogP contribution >= 0.6 is 58.0 Å². The number of β-lactam (4-membered cyclic amide) rings is 1. The molecular formula is C18H17N7O5S5. The van der Waals surface area contributed by atoms with Crippen molar-refractivity contribution in [3.8, 4) is 0 Å². The Bertz CT molecular complexity index is 1210. The molecule has 2 fully saturated rings. The van der Waals surface area contributed by atoms with Gasteiger partial charge in [-0.1, -0.05) is 28.3 Å². The summed E-state index contributed by atoms with van der Waals surface area (Å²) in [5, 5.41) is 25.5. The van der Waals surface area contributed by atoms with Gasteiger partial charge in [-0.2, -0.15) is 11.8 Å². The Morgan fingerprint density at radius 1 is 1.37 bits per heavy atom. The number of carbonyl (C=O) groups is 3. The molecule has 0 aromatic carbocycles. The highest BCUT2D eigenvalue weighted by Gasteiger charge is 2.54. The van der Waals surface area contributed by atoms with Crippen LogP contribution in [0.2, 0.25) is 0 Å². The third-order valence-electron chi connectivity index (χ3n) is 5.13. The predicted octanol–water partition coefficient (Wildman–Crippen LogP) is 0.944. The van der Waals surface area contributed by atoms with E-state index in [4.69, 9.17) is 10.6 Å². The first-order valence-corrected chi connectivity index (χ1v) is 15.0. The van der Waals surface area contributed by atoms with Crippen molar-refractivity contribution in [2.45, 2.75) is 21.9 Å². The van der Waals surface area contributed by atoms with E-state index < -0.39 is 29.2 Å². The summed E-state index contributed by atoms with van der Waals surface area (Å²) in [5.74, 6) is -0.00383. The summed E-state index contributed by atoms with van der Waals surface area (Å²) in [6, 6.07) is -0.903. The number of hydrogen-bond acceptors (Lipinski definition) is 14. The molecule has 2 aromatic rings. The molecule has 17 heteroatoms. The van der Waals surface area contributed by atoms with E-state index in [-0.39, 0.29) is 28.3 Å². The SMILES string of the molecule is Nc1nc(/C(=N\OC2CSC2)C(=O)NC2C(=O)N3C(C(=O)O)=C(CSc4nncs4)CS[C@H]23)cs1. The second-order valence-electron chi connectivity index (χ2n) is 7.39. The Kier molecular flexibility index (Phi) is 7.19. The second kappa shape index (κ2) is 10.3. The molecule has 0 spiro atoms. The van der Waals surface area contributed by atoms with Crippen molar-refractivity contribution in [2.75, 3.05) is 28.7 Å². The molecule has 12 nitrogen and oxygen atoms in total. The number of aliphatic carboxylic acids is 1. The Hall–Kier alpha value is -2.34. The summed E-state index contributed by atoms with van der Waals surface area (Å²) in [4.78, 5) is 48.9. The highest BCUT2D eigenvalue weighted by atomic mass is 32.2. The molecular weight excluding hydrogens is 555 g/mol. The molecule has 184 valence electrons. The number of oxime groups is 1. The van der Waals surface area contributed by atoms with E-state index in [0.717, 1.165) is 22.8 Å². The zero-order valence-electron chi connectivity index (χ0n) is 17.7. The number of nitrogens with two attached hydrogens (primary N) is 1. The lowest BCUT2D eigenvalue weighted by Crippen LogP contribution is -2.71. The van der Waals surface area contributed by atoms with Gasteiger partial charge in [0.25, 0.3) is 11.8 Å². The van der Waals surface area contributed by atoms with Crippen molar-refractivity contribution in [1.29, 1.82) is 0 Å². The highest BCUT2D eigenvalue weighted by molar-refractivity contribution is 8.02. The van der Waals surface area contributed by atoms with Crippen LogP contribution in [0.15, 0.2) is 31.7 Å². The summed E-state index contributed by atoms with van der Waals surface area (Å²) in [7, 11) is 0. The van der Waals surface area contributed by atoms with Crippen LogP contribution in [0.1, 0.15) is 5.69 Å². The number of carboxylic acid groups (broad SMARTS) is 1. The van der Waals surface area contributed by atoms with Crippen molar-refractivity contribution < 1.29 is 24.3 Å². The fraction of sp³-hybridized carbons (Fsp3) is 0.389. The van der Waals surface area contributed by atoms with Crippen LogP contribution in [0.5, 0.6) is 0 Å². The second-order valence-corrected chi connectivity index (χ2v) is 12.5. The van der Waals surface area contributed by atoms with Gasteiger partial charge in [-0.3, -0.25) is 14.5 Å². The van der Waals surface area contributed by atoms with Crippen LogP contribution in [0, 0.1) is 0 Å². The summed E-state index contributed by atoms with van der Waals surface area (Å²) in [6.45, 7) is 0. The minimum atomic E-state index is -1.19. The Balaban J connectivity index is 1.30. The number of carboxylic acids is 1. The van der Waals surface area contributed by atoms with E-state index in [9.17, 15) is 19.5 Å². The summed E-state index contributed by atoms with van der Waals surface area (Å²) in [5.41, 5.74) is 8.05. The van der Waals surface area contributed by atoms with E-state index in [1.807, 2.05) is 0 Å². The number of fused-ring (bicyclic) bond motifs is 1. The maximum atomic E-state index is 13.1. The van der Waals surface area contributed by atoms with E-state index >= 15 is 0 Å². The highest BCUT2D eigenvalue weighted by Crippen LogP contribution is 2.41. The molecule has 0 aliphatic carbocycles. The maximum Gasteiger partial charge on any atom is 0.352 e.